The molecule has 0 saturated carbocycles. The standard InChI is InChI=1S/C15H17N3O4/c1-16-13-8-10(15(19)20)17-14(18-13)7-9-4-5-11(21-2)12(6-9)22-3/h4-6,8H,7H2,1-3H3,(H,19,20)(H,16,17,18). The molecule has 0 aliphatic rings. The van der Waals surface area contributed by atoms with Crippen LogP contribution in [0.4, 0.5) is 5.82 Å². The Kier molecular flexibility index (Phi) is 4.77. The average Bonchev–Trinajstić information content (AvgIpc) is 2.54. The van der Waals surface area contributed by atoms with Gasteiger partial charge in [0.1, 0.15) is 11.6 Å². The van der Waals surface area contributed by atoms with Crippen LogP contribution in [0.2, 0.25) is 0 Å². The Hall–Kier alpha value is -2.83. The number of carbonyl (C=O) groups is 1. The highest BCUT2D eigenvalue weighted by molar-refractivity contribution is 5.86. The predicted molar refractivity (Wildman–Crippen MR) is 80.9 cm³/mol. The molecule has 0 amide bonds. The predicted octanol–water partition coefficient (Wildman–Crippen LogP) is 1.82. The van der Waals surface area contributed by atoms with Crippen LogP contribution in [-0.2, 0) is 6.42 Å². The van der Waals surface area contributed by atoms with Crippen LogP contribution in [0.15, 0.2) is 24.3 Å². The van der Waals surface area contributed by atoms with Gasteiger partial charge in [0.05, 0.1) is 14.2 Å². The van der Waals surface area contributed by atoms with E-state index in [-0.39, 0.29) is 5.69 Å². The van der Waals surface area contributed by atoms with Crippen molar-refractivity contribution >= 4 is 11.8 Å². The molecule has 0 radical (unpaired) electrons. The zero-order chi connectivity index (χ0) is 16.1. The van der Waals surface area contributed by atoms with E-state index in [4.69, 9.17) is 14.6 Å². The van der Waals surface area contributed by atoms with E-state index >= 15 is 0 Å². The molecule has 7 heteroatoms. The number of aromatic carboxylic acids is 1. The average molecular weight is 303 g/mol. The first-order chi connectivity index (χ1) is 10.6. The number of rotatable bonds is 6. The molecule has 0 fully saturated rings. The van der Waals surface area contributed by atoms with Gasteiger partial charge in [-0.15, -0.1) is 0 Å². The molecular formula is C15H17N3O4. The van der Waals surface area contributed by atoms with E-state index in [2.05, 4.69) is 15.3 Å². The van der Waals surface area contributed by atoms with Crippen LogP contribution >= 0.6 is 0 Å². The van der Waals surface area contributed by atoms with Gasteiger partial charge in [0.25, 0.3) is 0 Å². The fraction of sp³-hybridized carbons (Fsp3) is 0.267. The van der Waals surface area contributed by atoms with Gasteiger partial charge >= 0.3 is 5.97 Å². The van der Waals surface area contributed by atoms with Crippen molar-refractivity contribution in [3.8, 4) is 11.5 Å². The molecule has 22 heavy (non-hydrogen) atoms. The SMILES string of the molecule is CNc1cc(C(=O)O)nc(Cc2ccc(OC)c(OC)c2)n1. The molecule has 1 aromatic carbocycles. The second kappa shape index (κ2) is 6.75. The molecule has 7 nitrogen and oxygen atoms in total. The smallest absolute Gasteiger partial charge is 0.354 e. The third-order valence-electron chi connectivity index (χ3n) is 3.06. The molecule has 116 valence electrons. The van der Waals surface area contributed by atoms with Crippen LogP contribution < -0.4 is 14.8 Å². The van der Waals surface area contributed by atoms with Crippen molar-refractivity contribution in [2.45, 2.75) is 6.42 Å². The van der Waals surface area contributed by atoms with Gasteiger partial charge in [-0.3, -0.25) is 0 Å². The van der Waals surface area contributed by atoms with Crippen molar-refractivity contribution in [2.75, 3.05) is 26.6 Å². The number of nitrogens with zero attached hydrogens (tertiary/aromatic N) is 2. The van der Waals surface area contributed by atoms with Gasteiger partial charge in [0, 0.05) is 19.5 Å². The van der Waals surface area contributed by atoms with Crippen LogP contribution in [0.1, 0.15) is 21.9 Å². The molecular weight excluding hydrogens is 286 g/mol. The van der Waals surface area contributed by atoms with Gasteiger partial charge in [-0.2, -0.15) is 0 Å². The van der Waals surface area contributed by atoms with E-state index in [1.165, 1.54) is 6.07 Å². The van der Waals surface area contributed by atoms with Crippen LogP contribution in [0.25, 0.3) is 0 Å². The van der Waals surface area contributed by atoms with Crippen LogP contribution in [0.5, 0.6) is 11.5 Å². The molecule has 2 N–H and O–H groups in total. The lowest BCUT2D eigenvalue weighted by molar-refractivity contribution is 0.0690. The zero-order valence-electron chi connectivity index (χ0n) is 12.6. The fourth-order valence-electron chi connectivity index (χ4n) is 1.99. The first-order valence-corrected chi connectivity index (χ1v) is 6.57. The summed E-state index contributed by atoms with van der Waals surface area (Å²) >= 11 is 0. The Labute approximate surface area is 127 Å². The van der Waals surface area contributed by atoms with Gasteiger partial charge in [-0.05, 0) is 17.7 Å². The van der Waals surface area contributed by atoms with Crippen molar-refractivity contribution in [2.24, 2.45) is 0 Å². The molecule has 0 spiro atoms. The van der Waals surface area contributed by atoms with E-state index in [1.54, 1.807) is 27.3 Å². The first kappa shape index (κ1) is 15.6. The summed E-state index contributed by atoms with van der Waals surface area (Å²) in [6.45, 7) is 0. The number of aromatic nitrogens is 2. The minimum atomic E-state index is -1.09. The van der Waals surface area contributed by atoms with Crippen LogP contribution in [0.3, 0.4) is 0 Å². The first-order valence-electron chi connectivity index (χ1n) is 6.57. The maximum Gasteiger partial charge on any atom is 0.354 e. The second-order valence-electron chi connectivity index (χ2n) is 4.48. The molecule has 1 heterocycles. The lowest BCUT2D eigenvalue weighted by Crippen LogP contribution is -2.08. The highest BCUT2D eigenvalue weighted by Crippen LogP contribution is 2.28. The number of carboxylic acid groups (broad SMARTS) is 1. The molecule has 0 aliphatic carbocycles. The molecule has 0 bridgehead atoms. The number of hydrogen-bond donors (Lipinski definition) is 2. The topological polar surface area (TPSA) is 93.6 Å². The Balaban J connectivity index is 2.34. The van der Waals surface area contributed by atoms with E-state index < -0.39 is 5.97 Å². The van der Waals surface area contributed by atoms with Gasteiger partial charge in [0.15, 0.2) is 17.2 Å². The Morgan fingerprint density at radius 1 is 1.18 bits per heavy atom. The number of anilines is 1. The summed E-state index contributed by atoms with van der Waals surface area (Å²) in [5, 5.41) is 11.9. The van der Waals surface area contributed by atoms with E-state index in [0.29, 0.717) is 29.6 Å². The summed E-state index contributed by atoms with van der Waals surface area (Å²) in [5.41, 5.74) is 0.845. The second-order valence-corrected chi connectivity index (χ2v) is 4.48. The molecule has 0 unspecified atom stereocenters. The number of nitrogens with one attached hydrogen (secondary N) is 1. The summed E-state index contributed by atoms with van der Waals surface area (Å²) in [7, 11) is 4.80. The Bertz CT molecular complexity index is 688. The van der Waals surface area contributed by atoms with Crippen molar-refractivity contribution in [1.29, 1.82) is 0 Å². The highest BCUT2D eigenvalue weighted by Gasteiger charge is 2.12. The molecule has 1 aromatic heterocycles. The molecule has 0 saturated heterocycles. The Morgan fingerprint density at radius 2 is 1.91 bits per heavy atom. The summed E-state index contributed by atoms with van der Waals surface area (Å²) in [6.07, 6.45) is 0.385. The number of methoxy groups -OCH3 is 2. The van der Waals surface area contributed by atoms with E-state index in [1.807, 2.05) is 12.1 Å². The van der Waals surface area contributed by atoms with Gasteiger partial charge < -0.3 is 19.9 Å². The quantitative estimate of drug-likeness (QED) is 0.840. The number of hydrogen-bond acceptors (Lipinski definition) is 6. The minimum absolute atomic E-state index is 0.0465. The summed E-state index contributed by atoms with van der Waals surface area (Å²) in [6, 6.07) is 6.85. The number of carboxylic acids is 1. The van der Waals surface area contributed by atoms with Gasteiger partial charge in [-0.1, -0.05) is 6.07 Å². The van der Waals surface area contributed by atoms with Crippen molar-refractivity contribution in [3.63, 3.8) is 0 Å². The lowest BCUT2D eigenvalue weighted by Gasteiger charge is -2.10. The highest BCUT2D eigenvalue weighted by atomic mass is 16.5. The van der Waals surface area contributed by atoms with Crippen molar-refractivity contribution in [1.82, 2.24) is 9.97 Å². The largest absolute Gasteiger partial charge is 0.493 e. The minimum Gasteiger partial charge on any atom is -0.493 e. The number of ether oxygens (including phenoxy) is 2. The molecule has 0 atom stereocenters. The summed E-state index contributed by atoms with van der Waals surface area (Å²) < 4.78 is 10.4. The van der Waals surface area contributed by atoms with Gasteiger partial charge in [-0.25, -0.2) is 14.8 Å². The summed E-state index contributed by atoms with van der Waals surface area (Å²) in [4.78, 5) is 19.4. The van der Waals surface area contributed by atoms with Crippen molar-refractivity contribution in [3.05, 3.63) is 41.3 Å². The maximum atomic E-state index is 11.1. The monoisotopic (exact) mass is 303 g/mol. The van der Waals surface area contributed by atoms with Crippen LogP contribution in [-0.4, -0.2) is 42.3 Å². The Morgan fingerprint density at radius 3 is 2.50 bits per heavy atom. The summed E-state index contributed by atoms with van der Waals surface area (Å²) in [5.74, 6) is 1.01. The molecule has 0 aliphatic heterocycles. The normalized spacial score (nSPS) is 10.1. The van der Waals surface area contributed by atoms with Gasteiger partial charge in [0.2, 0.25) is 0 Å². The molecule has 2 aromatic rings. The third kappa shape index (κ3) is 3.43. The zero-order valence-corrected chi connectivity index (χ0v) is 12.6. The fourth-order valence-corrected chi connectivity index (χ4v) is 1.99. The van der Waals surface area contributed by atoms with E-state index in [0.717, 1.165) is 5.56 Å². The third-order valence-corrected chi connectivity index (χ3v) is 3.06. The van der Waals surface area contributed by atoms with E-state index in [9.17, 15) is 4.79 Å². The maximum absolute atomic E-state index is 11.1. The lowest BCUT2D eigenvalue weighted by atomic mass is 10.1. The van der Waals surface area contributed by atoms with Crippen molar-refractivity contribution < 1.29 is 19.4 Å². The number of benzene rings is 1. The van der Waals surface area contributed by atoms with Crippen LogP contribution in [0, 0.1) is 0 Å². The molecule has 2 rings (SSSR count).